The minimum atomic E-state index is 0. The Morgan fingerprint density at radius 1 is 0.960 bits per heavy atom. The molecule has 0 atom stereocenters. The van der Waals surface area contributed by atoms with Crippen molar-refractivity contribution in [1.29, 1.82) is 0 Å². The molecule has 0 aromatic heterocycles. The topological polar surface area (TPSA) is 15.6 Å². The van der Waals surface area contributed by atoms with E-state index in [-0.39, 0.29) is 24.8 Å². The van der Waals surface area contributed by atoms with Crippen LogP contribution in [0.3, 0.4) is 0 Å². The van der Waals surface area contributed by atoms with Gasteiger partial charge in [0.05, 0.1) is 22.3 Å². The molecule has 0 amide bonds. The minimum Gasteiger partial charge on any atom is -0.372 e. The molecule has 0 saturated carbocycles. The van der Waals surface area contributed by atoms with Crippen molar-refractivity contribution in [1.82, 2.24) is 0 Å². The largest absolute Gasteiger partial charge is 0.372 e. The van der Waals surface area contributed by atoms with Gasteiger partial charge < -0.3 is 4.90 Å². The molecule has 7 heteroatoms. The molecule has 0 unspecified atom stereocenters. The highest BCUT2D eigenvalue weighted by Crippen LogP contribution is 2.27. The Morgan fingerprint density at radius 3 is 2.44 bits per heavy atom. The van der Waals surface area contributed by atoms with Crippen molar-refractivity contribution < 1.29 is 0 Å². The monoisotopic (exact) mass is 436 g/mol. The number of nitrogens with zero attached hydrogens (tertiary/aromatic N) is 2. The summed E-state index contributed by atoms with van der Waals surface area (Å²) in [6.45, 7) is 1.60. The third-order valence-electron chi connectivity index (χ3n) is 3.74. The third kappa shape index (κ3) is 5.29. The van der Waals surface area contributed by atoms with Crippen molar-refractivity contribution in [2.24, 2.45) is 4.99 Å². The number of aliphatic imine (C=N–C) groups is 1. The van der Waals surface area contributed by atoms with Gasteiger partial charge in [-0.2, -0.15) is 0 Å². The van der Waals surface area contributed by atoms with Gasteiger partial charge in [0.1, 0.15) is 0 Å². The summed E-state index contributed by atoms with van der Waals surface area (Å²) in [5.74, 6) is 0. The summed E-state index contributed by atoms with van der Waals surface area (Å²) in [4.78, 5) is 6.86. The second kappa shape index (κ2) is 9.70. The van der Waals surface area contributed by atoms with Gasteiger partial charge in [-0.25, -0.2) is 0 Å². The van der Waals surface area contributed by atoms with E-state index in [2.05, 4.69) is 16.9 Å². The van der Waals surface area contributed by atoms with Crippen LogP contribution in [-0.4, -0.2) is 25.8 Å². The lowest BCUT2D eigenvalue weighted by molar-refractivity contribution is 0.897. The maximum atomic E-state index is 6.14. The number of halogens is 5. The maximum Gasteiger partial charge on any atom is 0.0668 e. The number of benzodiazepines with no additional fused rings is 1. The molecule has 134 valence electrons. The standard InChI is InChI=1S/C18H15Cl3N2.2ClH/c1-23-9-8-22-17(14-5-4-13(19)11-18(14)23)7-3-12-2-6-15(20)16(21)10-12;;/h2-7,10-11H,8-9H2,1H3;2*1H/b7-3+;;. The van der Waals surface area contributed by atoms with Gasteiger partial charge in [-0.15, -0.1) is 24.8 Å². The van der Waals surface area contributed by atoms with Crippen LogP contribution in [0.1, 0.15) is 11.1 Å². The molecule has 0 aliphatic carbocycles. The minimum absolute atomic E-state index is 0. The average molecular weight is 439 g/mol. The Kier molecular flexibility index (Phi) is 8.59. The number of allylic oxidation sites excluding steroid dienone is 1. The number of fused-ring (bicyclic) bond motifs is 1. The van der Waals surface area contributed by atoms with Gasteiger partial charge in [-0.1, -0.05) is 46.9 Å². The van der Waals surface area contributed by atoms with Crippen LogP contribution < -0.4 is 4.90 Å². The Labute approximate surface area is 175 Å². The fraction of sp³-hybridized carbons (Fsp3) is 0.167. The normalized spacial score (nSPS) is 13.4. The highest BCUT2D eigenvalue weighted by atomic mass is 35.5. The molecule has 0 saturated heterocycles. The molecule has 1 aliphatic rings. The second-order valence-electron chi connectivity index (χ2n) is 5.36. The molecule has 2 aromatic rings. The van der Waals surface area contributed by atoms with Gasteiger partial charge in [0.2, 0.25) is 0 Å². The summed E-state index contributed by atoms with van der Waals surface area (Å²) in [5, 5.41) is 1.83. The molecule has 0 N–H and O–H groups in total. The SMILES string of the molecule is CN1CCN=C(/C=C/c2ccc(Cl)c(Cl)c2)c2ccc(Cl)cc21.Cl.Cl. The van der Waals surface area contributed by atoms with Crippen molar-refractivity contribution >= 4 is 77.1 Å². The lowest BCUT2D eigenvalue weighted by Crippen LogP contribution is -2.20. The number of anilines is 1. The van der Waals surface area contributed by atoms with E-state index in [4.69, 9.17) is 34.8 Å². The summed E-state index contributed by atoms with van der Waals surface area (Å²) in [6, 6.07) is 11.4. The van der Waals surface area contributed by atoms with E-state index in [0.717, 1.165) is 40.6 Å². The molecule has 1 aliphatic heterocycles. The smallest absolute Gasteiger partial charge is 0.0668 e. The predicted octanol–water partition coefficient (Wildman–Crippen LogP) is 6.44. The van der Waals surface area contributed by atoms with Gasteiger partial charge in [0.15, 0.2) is 0 Å². The Morgan fingerprint density at radius 2 is 1.72 bits per heavy atom. The van der Waals surface area contributed by atoms with E-state index < -0.39 is 0 Å². The molecule has 0 radical (unpaired) electrons. The summed E-state index contributed by atoms with van der Waals surface area (Å²) < 4.78 is 0. The van der Waals surface area contributed by atoms with Crippen molar-refractivity contribution in [3.63, 3.8) is 0 Å². The first kappa shape index (κ1) is 22.1. The summed E-state index contributed by atoms with van der Waals surface area (Å²) in [7, 11) is 2.05. The van der Waals surface area contributed by atoms with Crippen LogP contribution in [0.2, 0.25) is 15.1 Å². The Balaban J connectivity index is 0.00000156. The van der Waals surface area contributed by atoms with Crippen LogP contribution in [-0.2, 0) is 0 Å². The number of benzene rings is 2. The van der Waals surface area contributed by atoms with Crippen LogP contribution in [0.15, 0.2) is 47.5 Å². The van der Waals surface area contributed by atoms with E-state index in [0.29, 0.717) is 10.0 Å². The van der Waals surface area contributed by atoms with Gasteiger partial charge in [-0.05, 0) is 42.0 Å². The van der Waals surface area contributed by atoms with E-state index in [9.17, 15) is 0 Å². The molecule has 2 nitrogen and oxygen atoms in total. The number of likely N-dealkylation sites (N-methyl/N-ethyl adjacent to an activating group) is 1. The first-order valence-electron chi connectivity index (χ1n) is 7.23. The molecule has 1 heterocycles. The van der Waals surface area contributed by atoms with Crippen LogP contribution in [0.5, 0.6) is 0 Å². The molecular weight excluding hydrogens is 421 g/mol. The molecule has 0 spiro atoms. The van der Waals surface area contributed by atoms with E-state index >= 15 is 0 Å². The van der Waals surface area contributed by atoms with E-state index in [1.165, 1.54) is 0 Å². The van der Waals surface area contributed by atoms with Crippen LogP contribution in [0.4, 0.5) is 5.69 Å². The molecule has 3 rings (SSSR count). The number of hydrogen-bond acceptors (Lipinski definition) is 2. The van der Waals surface area contributed by atoms with Gasteiger partial charge >= 0.3 is 0 Å². The quantitative estimate of drug-likeness (QED) is 0.527. The molecule has 25 heavy (non-hydrogen) atoms. The zero-order valence-corrected chi connectivity index (χ0v) is 17.3. The first-order chi connectivity index (χ1) is 11.0. The van der Waals surface area contributed by atoms with Crippen LogP contribution in [0, 0.1) is 0 Å². The van der Waals surface area contributed by atoms with Crippen molar-refractivity contribution in [2.75, 3.05) is 25.0 Å². The van der Waals surface area contributed by atoms with Crippen molar-refractivity contribution in [3.05, 3.63) is 68.7 Å². The second-order valence-corrected chi connectivity index (χ2v) is 6.61. The third-order valence-corrected chi connectivity index (χ3v) is 4.72. The number of rotatable bonds is 2. The highest BCUT2D eigenvalue weighted by Gasteiger charge is 2.14. The predicted molar refractivity (Wildman–Crippen MR) is 116 cm³/mol. The van der Waals surface area contributed by atoms with Crippen molar-refractivity contribution in [3.8, 4) is 0 Å². The zero-order chi connectivity index (χ0) is 16.4. The Bertz CT molecular complexity index is 802. The summed E-state index contributed by atoms with van der Waals surface area (Å²) in [5.41, 5.74) is 4.08. The first-order valence-corrected chi connectivity index (χ1v) is 8.36. The molecule has 2 aromatic carbocycles. The summed E-state index contributed by atoms with van der Waals surface area (Å²) in [6.07, 6.45) is 4.00. The fourth-order valence-corrected chi connectivity index (χ4v) is 2.97. The van der Waals surface area contributed by atoms with Crippen molar-refractivity contribution in [2.45, 2.75) is 0 Å². The lowest BCUT2D eigenvalue weighted by Gasteiger charge is -2.19. The van der Waals surface area contributed by atoms with Gasteiger partial charge in [0, 0.05) is 29.9 Å². The fourth-order valence-electron chi connectivity index (χ4n) is 2.50. The zero-order valence-electron chi connectivity index (χ0n) is 13.4. The average Bonchev–Trinajstić information content (AvgIpc) is 2.68. The van der Waals surface area contributed by atoms with Crippen LogP contribution >= 0.6 is 59.6 Å². The molecule has 0 fully saturated rings. The lowest BCUT2D eigenvalue weighted by atomic mass is 10.1. The van der Waals surface area contributed by atoms with Gasteiger partial charge in [0.25, 0.3) is 0 Å². The van der Waals surface area contributed by atoms with E-state index in [1.54, 1.807) is 6.07 Å². The Hall–Kier alpha value is -0.900. The van der Waals surface area contributed by atoms with E-state index in [1.807, 2.05) is 42.5 Å². The molecular formula is C18H17Cl5N2. The maximum absolute atomic E-state index is 6.14. The highest BCUT2D eigenvalue weighted by molar-refractivity contribution is 6.42. The molecule has 0 bridgehead atoms. The van der Waals surface area contributed by atoms with Gasteiger partial charge in [-0.3, -0.25) is 4.99 Å². The number of hydrogen-bond donors (Lipinski definition) is 0. The summed E-state index contributed by atoms with van der Waals surface area (Å²) >= 11 is 18.1. The van der Waals surface area contributed by atoms with Crippen LogP contribution in [0.25, 0.3) is 6.08 Å².